The molecule has 0 heterocycles. The molecule has 2 aromatic rings. The van der Waals surface area contributed by atoms with E-state index in [1.54, 1.807) is 24.3 Å². The Balaban J connectivity index is 2.21. The second kappa shape index (κ2) is 6.24. The molecule has 0 radical (unpaired) electrons. The molecule has 1 atom stereocenters. The van der Waals surface area contributed by atoms with E-state index in [1.165, 1.54) is 19.2 Å². The quantitative estimate of drug-likeness (QED) is 0.880. The number of ether oxygens (including phenoxy) is 1. The van der Waals surface area contributed by atoms with Crippen LogP contribution in [0.4, 0.5) is 10.1 Å². The molecule has 6 heteroatoms. The lowest BCUT2D eigenvalue weighted by atomic mass is 10.2. The molecule has 0 amide bonds. The molecule has 0 saturated heterocycles. The molecule has 0 aliphatic carbocycles. The summed E-state index contributed by atoms with van der Waals surface area (Å²) in [6.07, 6.45) is 0. The average Bonchev–Trinajstić information content (AvgIpc) is 2.38. The van der Waals surface area contributed by atoms with Gasteiger partial charge in [-0.25, -0.2) is 4.39 Å². The predicted octanol–water partition coefficient (Wildman–Crippen LogP) is 3.38. The smallest absolute Gasteiger partial charge is 0.165 e. The van der Waals surface area contributed by atoms with Gasteiger partial charge in [-0.15, -0.1) is 0 Å². The van der Waals surface area contributed by atoms with Gasteiger partial charge in [-0.3, -0.25) is 4.21 Å². The number of rotatable bonds is 4. The summed E-state index contributed by atoms with van der Waals surface area (Å²) in [5.74, 6) is -0.149. The van der Waals surface area contributed by atoms with Gasteiger partial charge in [0, 0.05) is 10.7 Å². The van der Waals surface area contributed by atoms with E-state index >= 15 is 0 Å². The molecule has 2 rings (SSSR count). The van der Waals surface area contributed by atoms with Gasteiger partial charge in [0.15, 0.2) is 11.6 Å². The van der Waals surface area contributed by atoms with Crippen LogP contribution in [-0.2, 0) is 16.6 Å². The molecule has 0 bridgehead atoms. The van der Waals surface area contributed by atoms with Crippen molar-refractivity contribution in [2.45, 2.75) is 10.6 Å². The fourth-order valence-electron chi connectivity index (χ4n) is 1.76. The first-order chi connectivity index (χ1) is 9.51. The van der Waals surface area contributed by atoms with E-state index < -0.39 is 16.6 Å². The molecular weight excluding hydrogens is 301 g/mol. The van der Waals surface area contributed by atoms with E-state index in [0.717, 1.165) is 0 Å². The Kier molecular flexibility index (Phi) is 4.62. The number of hydrogen-bond donors (Lipinski definition) is 1. The first-order valence-corrected chi connectivity index (χ1v) is 7.46. The summed E-state index contributed by atoms with van der Waals surface area (Å²) in [4.78, 5) is 0.491. The monoisotopic (exact) mass is 313 g/mol. The lowest BCUT2D eigenvalue weighted by molar-refractivity contribution is 0.386. The Labute approximate surface area is 124 Å². The van der Waals surface area contributed by atoms with Gasteiger partial charge < -0.3 is 10.5 Å². The first kappa shape index (κ1) is 14.8. The van der Waals surface area contributed by atoms with Crippen LogP contribution in [0.1, 0.15) is 5.56 Å². The van der Waals surface area contributed by atoms with Crippen molar-refractivity contribution in [1.82, 2.24) is 0 Å². The Morgan fingerprint density at radius 2 is 2.05 bits per heavy atom. The molecule has 2 N–H and O–H groups in total. The second-order valence-electron chi connectivity index (χ2n) is 4.14. The minimum atomic E-state index is -1.36. The molecule has 0 aromatic heterocycles. The molecule has 0 saturated carbocycles. The van der Waals surface area contributed by atoms with Crippen molar-refractivity contribution in [3.63, 3.8) is 0 Å². The van der Waals surface area contributed by atoms with Crippen molar-refractivity contribution in [2.75, 3.05) is 12.8 Å². The summed E-state index contributed by atoms with van der Waals surface area (Å²) in [5, 5.41) is 0.485. The number of methoxy groups -OCH3 is 1. The maximum atomic E-state index is 13.6. The highest BCUT2D eigenvalue weighted by molar-refractivity contribution is 7.84. The number of halogens is 2. The molecule has 2 aromatic carbocycles. The minimum absolute atomic E-state index is 0.158. The summed E-state index contributed by atoms with van der Waals surface area (Å²) in [7, 11) is 0.0313. The molecule has 106 valence electrons. The lowest BCUT2D eigenvalue weighted by Crippen LogP contribution is -2.01. The summed E-state index contributed by atoms with van der Waals surface area (Å²) in [5.41, 5.74) is 6.75. The number of nitrogen functional groups attached to an aromatic ring is 1. The Morgan fingerprint density at radius 3 is 2.65 bits per heavy atom. The molecule has 1 unspecified atom stereocenters. The van der Waals surface area contributed by atoms with Crippen LogP contribution < -0.4 is 10.5 Å². The van der Waals surface area contributed by atoms with E-state index in [1.807, 2.05) is 0 Å². The number of benzene rings is 2. The highest BCUT2D eigenvalue weighted by Gasteiger charge is 2.11. The summed E-state index contributed by atoms with van der Waals surface area (Å²) in [6, 6.07) is 9.28. The van der Waals surface area contributed by atoms with Crippen LogP contribution in [0.3, 0.4) is 0 Å². The van der Waals surface area contributed by atoms with Gasteiger partial charge >= 0.3 is 0 Å². The van der Waals surface area contributed by atoms with Crippen molar-refractivity contribution in [3.8, 4) is 5.75 Å². The Morgan fingerprint density at radius 1 is 1.30 bits per heavy atom. The number of nitrogens with two attached hydrogens (primary N) is 1. The SMILES string of the molecule is COc1ccc(CS(=O)c2ccc(Cl)cc2N)cc1F. The lowest BCUT2D eigenvalue weighted by Gasteiger charge is -2.08. The Hall–Kier alpha value is -1.59. The highest BCUT2D eigenvalue weighted by Crippen LogP contribution is 2.24. The first-order valence-electron chi connectivity index (χ1n) is 5.77. The normalized spacial score (nSPS) is 12.2. The van der Waals surface area contributed by atoms with Crippen molar-refractivity contribution in [1.29, 1.82) is 0 Å². The van der Waals surface area contributed by atoms with Gasteiger partial charge in [-0.1, -0.05) is 17.7 Å². The average molecular weight is 314 g/mol. The number of hydrogen-bond acceptors (Lipinski definition) is 3. The summed E-state index contributed by atoms with van der Waals surface area (Å²) in [6.45, 7) is 0. The zero-order chi connectivity index (χ0) is 14.7. The molecular formula is C14H13ClFNO2S. The van der Waals surface area contributed by atoms with Crippen LogP contribution in [0.15, 0.2) is 41.3 Å². The maximum absolute atomic E-state index is 13.6. The second-order valence-corrected chi connectivity index (χ2v) is 6.00. The van der Waals surface area contributed by atoms with Crippen molar-refractivity contribution < 1.29 is 13.3 Å². The van der Waals surface area contributed by atoms with E-state index in [0.29, 0.717) is 21.2 Å². The zero-order valence-corrected chi connectivity index (χ0v) is 12.3. The predicted molar refractivity (Wildman–Crippen MR) is 78.9 cm³/mol. The van der Waals surface area contributed by atoms with Crippen molar-refractivity contribution in [2.24, 2.45) is 0 Å². The summed E-state index contributed by atoms with van der Waals surface area (Å²) >= 11 is 5.79. The van der Waals surface area contributed by atoms with Gasteiger partial charge in [0.1, 0.15) is 0 Å². The molecule has 0 aliphatic rings. The largest absolute Gasteiger partial charge is 0.494 e. The maximum Gasteiger partial charge on any atom is 0.165 e. The van der Waals surface area contributed by atoms with Crippen molar-refractivity contribution >= 4 is 28.1 Å². The minimum Gasteiger partial charge on any atom is -0.494 e. The van der Waals surface area contributed by atoms with Crippen LogP contribution in [-0.4, -0.2) is 11.3 Å². The fourth-order valence-corrected chi connectivity index (χ4v) is 3.12. The van der Waals surface area contributed by atoms with Gasteiger partial charge in [-0.2, -0.15) is 0 Å². The van der Waals surface area contributed by atoms with Crippen LogP contribution in [0, 0.1) is 5.82 Å². The molecule has 0 spiro atoms. The third-order valence-electron chi connectivity index (χ3n) is 2.73. The number of anilines is 1. The van der Waals surface area contributed by atoms with Crippen LogP contribution in [0.25, 0.3) is 0 Å². The van der Waals surface area contributed by atoms with E-state index in [9.17, 15) is 8.60 Å². The topological polar surface area (TPSA) is 52.3 Å². The highest BCUT2D eigenvalue weighted by atomic mass is 35.5. The molecule has 3 nitrogen and oxygen atoms in total. The summed E-state index contributed by atoms with van der Waals surface area (Å²) < 4.78 is 30.7. The van der Waals surface area contributed by atoms with Gasteiger partial charge in [0.25, 0.3) is 0 Å². The zero-order valence-electron chi connectivity index (χ0n) is 10.7. The van der Waals surface area contributed by atoms with Gasteiger partial charge in [0.2, 0.25) is 0 Å². The molecule has 0 aliphatic heterocycles. The van der Waals surface area contributed by atoms with Crippen LogP contribution in [0.5, 0.6) is 5.75 Å². The van der Waals surface area contributed by atoms with E-state index in [4.69, 9.17) is 22.1 Å². The van der Waals surface area contributed by atoms with Crippen LogP contribution in [0.2, 0.25) is 5.02 Å². The Bertz CT molecular complexity index is 664. The standard InChI is InChI=1S/C14H13ClFNO2S/c1-19-13-4-2-9(6-11(13)16)8-20(18)14-5-3-10(15)7-12(14)17/h2-7H,8,17H2,1H3. The van der Waals surface area contributed by atoms with Crippen LogP contribution >= 0.6 is 11.6 Å². The third-order valence-corrected chi connectivity index (χ3v) is 4.42. The molecule has 0 fully saturated rings. The van der Waals surface area contributed by atoms with E-state index in [-0.39, 0.29) is 11.5 Å². The van der Waals surface area contributed by atoms with Gasteiger partial charge in [0.05, 0.1) is 28.6 Å². The molecule has 20 heavy (non-hydrogen) atoms. The fraction of sp³-hybridized carbons (Fsp3) is 0.143. The van der Waals surface area contributed by atoms with Gasteiger partial charge in [-0.05, 0) is 35.9 Å². The van der Waals surface area contributed by atoms with Crippen molar-refractivity contribution in [3.05, 3.63) is 52.8 Å². The van der Waals surface area contributed by atoms with E-state index in [2.05, 4.69) is 0 Å². The third kappa shape index (κ3) is 3.29.